The van der Waals surface area contributed by atoms with Crippen molar-refractivity contribution >= 4 is 39.7 Å². The van der Waals surface area contributed by atoms with Gasteiger partial charge in [0, 0.05) is 19.6 Å². The highest BCUT2D eigenvalue weighted by Gasteiger charge is 2.43. The van der Waals surface area contributed by atoms with Crippen molar-refractivity contribution in [2.45, 2.75) is 45.0 Å². The Bertz CT molecular complexity index is 365. The van der Waals surface area contributed by atoms with Gasteiger partial charge in [-0.05, 0) is 20.3 Å². The number of hydrogen-bond acceptors (Lipinski definition) is 6. The third-order valence-electron chi connectivity index (χ3n) is 2.76. The number of rotatable bonds is 4. The number of hydrogen-bond donors (Lipinski definition) is 0. The van der Waals surface area contributed by atoms with E-state index in [9.17, 15) is 14.4 Å². The largest absolute Gasteiger partial charge is 0.461 e. The zero-order chi connectivity index (χ0) is 13.9. The molecule has 1 aliphatic heterocycles. The molecule has 0 aromatic carbocycles. The molecular weight excluding hydrogens is 272 g/mol. The molecule has 1 rings (SSSR count). The van der Waals surface area contributed by atoms with Gasteiger partial charge in [0.25, 0.3) is 0 Å². The molecule has 4 nitrogen and oxygen atoms in total. The van der Waals surface area contributed by atoms with Crippen molar-refractivity contribution in [1.29, 1.82) is 0 Å². The van der Waals surface area contributed by atoms with Crippen LogP contribution in [0.1, 0.15) is 34.1 Å². The topological polar surface area (TPSA) is 60.4 Å². The Hall–Kier alpha value is -0.490. The van der Waals surface area contributed by atoms with Crippen LogP contribution in [0.15, 0.2) is 0 Å². The molecule has 0 amide bonds. The minimum absolute atomic E-state index is 0.00335. The van der Waals surface area contributed by atoms with E-state index in [-0.39, 0.29) is 28.2 Å². The third kappa shape index (κ3) is 4.31. The molecule has 1 fully saturated rings. The lowest BCUT2D eigenvalue weighted by molar-refractivity contribution is -0.144. The Kier molecular flexibility index (Phi) is 5.28. The van der Waals surface area contributed by atoms with Gasteiger partial charge in [0.05, 0.1) is 10.7 Å². The van der Waals surface area contributed by atoms with Gasteiger partial charge in [-0.2, -0.15) is 0 Å². The summed E-state index contributed by atoms with van der Waals surface area (Å²) in [6.45, 7) is 6.79. The molecule has 102 valence electrons. The first-order valence-corrected chi connectivity index (χ1v) is 7.56. The van der Waals surface area contributed by atoms with Gasteiger partial charge < -0.3 is 4.74 Å². The second-order valence-corrected chi connectivity index (χ2v) is 7.89. The van der Waals surface area contributed by atoms with Crippen LogP contribution < -0.4 is 0 Å². The molecule has 1 aliphatic rings. The van der Waals surface area contributed by atoms with Gasteiger partial charge in [0.1, 0.15) is 6.10 Å². The molecule has 1 heterocycles. The van der Waals surface area contributed by atoms with Crippen molar-refractivity contribution in [3.8, 4) is 0 Å². The van der Waals surface area contributed by atoms with Gasteiger partial charge in [-0.1, -0.05) is 23.5 Å². The fourth-order valence-corrected chi connectivity index (χ4v) is 3.58. The molecule has 0 saturated carbocycles. The van der Waals surface area contributed by atoms with Crippen molar-refractivity contribution in [3.63, 3.8) is 0 Å². The Labute approximate surface area is 116 Å². The standard InChI is InChI=1S/C12H18O4S2/c1-7(13)17-6-9-5-10(16-11(9)15)12(3,4)18-8(2)14/h9-10H,5-6H2,1-4H3/t9-,10+/m0/s1. The zero-order valence-corrected chi connectivity index (χ0v) is 12.7. The molecule has 0 radical (unpaired) electrons. The fourth-order valence-electron chi connectivity index (χ4n) is 1.86. The predicted molar refractivity (Wildman–Crippen MR) is 73.5 cm³/mol. The number of esters is 1. The van der Waals surface area contributed by atoms with Crippen LogP contribution >= 0.6 is 23.5 Å². The molecule has 0 aromatic heterocycles. The van der Waals surface area contributed by atoms with Crippen LogP contribution in [0.2, 0.25) is 0 Å². The van der Waals surface area contributed by atoms with Gasteiger partial charge in [0.2, 0.25) is 0 Å². The van der Waals surface area contributed by atoms with Crippen molar-refractivity contribution in [2.24, 2.45) is 5.92 Å². The molecule has 18 heavy (non-hydrogen) atoms. The lowest BCUT2D eigenvalue weighted by Gasteiger charge is -2.28. The molecule has 6 heteroatoms. The van der Waals surface area contributed by atoms with Crippen LogP contribution in [0.4, 0.5) is 0 Å². The van der Waals surface area contributed by atoms with E-state index in [1.54, 1.807) is 0 Å². The molecule has 0 aromatic rings. The summed E-state index contributed by atoms with van der Waals surface area (Å²) in [5.41, 5.74) is 0. The maximum absolute atomic E-state index is 11.7. The molecule has 0 bridgehead atoms. The van der Waals surface area contributed by atoms with Crippen LogP contribution in [0.25, 0.3) is 0 Å². The molecule has 1 saturated heterocycles. The number of cyclic esters (lactones) is 1. The molecule has 0 N–H and O–H groups in total. The van der Waals surface area contributed by atoms with Crippen LogP contribution in [-0.2, 0) is 19.1 Å². The van der Waals surface area contributed by atoms with Crippen LogP contribution in [0.5, 0.6) is 0 Å². The maximum atomic E-state index is 11.7. The van der Waals surface area contributed by atoms with E-state index in [4.69, 9.17) is 4.74 Å². The SMILES string of the molecule is CC(=O)SC[C@@H]1C[C@H](C(C)(C)SC(C)=O)OC1=O. The van der Waals surface area contributed by atoms with Gasteiger partial charge in [0.15, 0.2) is 10.2 Å². The van der Waals surface area contributed by atoms with E-state index in [2.05, 4.69) is 0 Å². The van der Waals surface area contributed by atoms with E-state index >= 15 is 0 Å². The summed E-state index contributed by atoms with van der Waals surface area (Å²) < 4.78 is 4.92. The van der Waals surface area contributed by atoms with E-state index < -0.39 is 4.75 Å². The van der Waals surface area contributed by atoms with Crippen molar-refractivity contribution in [2.75, 3.05) is 5.75 Å². The van der Waals surface area contributed by atoms with Crippen molar-refractivity contribution in [3.05, 3.63) is 0 Å². The van der Waals surface area contributed by atoms with Crippen molar-refractivity contribution in [1.82, 2.24) is 0 Å². The monoisotopic (exact) mass is 290 g/mol. The summed E-state index contributed by atoms with van der Waals surface area (Å²) in [5.74, 6) is -0.0346. The molecule has 0 spiro atoms. The minimum Gasteiger partial charge on any atom is -0.461 e. The summed E-state index contributed by atoms with van der Waals surface area (Å²) in [7, 11) is 0. The third-order valence-corrected chi connectivity index (χ3v) is 4.81. The van der Waals surface area contributed by atoms with Gasteiger partial charge in [-0.25, -0.2) is 0 Å². The zero-order valence-electron chi connectivity index (χ0n) is 11.0. The molecule has 0 aliphatic carbocycles. The number of thioether (sulfide) groups is 2. The van der Waals surface area contributed by atoms with E-state index in [0.717, 1.165) is 11.8 Å². The highest BCUT2D eigenvalue weighted by atomic mass is 32.2. The second-order valence-electron chi connectivity index (χ2n) is 4.86. The lowest BCUT2D eigenvalue weighted by Crippen LogP contribution is -2.33. The number of carbonyl (C=O) groups excluding carboxylic acids is 3. The Morgan fingerprint density at radius 3 is 2.44 bits per heavy atom. The highest BCUT2D eigenvalue weighted by molar-refractivity contribution is 8.14. The maximum Gasteiger partial charge on any atom is 0.310 e. The van der Waals surface area contributed by atoms with Gasteiger partial charge in [-0.3, -0.25) is 14.4 Å². The summed E-state index contributed by atoms with van der Waals surface area (Å²) >= 11 is 2.34. The first-order chi connectivity index (χ1) is 8.22. The van der Waals surface area contributed by atoms with E-state index in [1.165, 1.54) is 25.6 Å². The Morgan fingerprint density at radius 2 is 1.94 bits per heavy atom. The van der Waals surface area contributed by atoms with Gasteiger partial charge >= 0.3 is 5.97 Å². The normalized spacial score (nSPS) is 23.9. The Morgan fingerprint density at radius 1 is 1.33 bits per heavy atom. The summed E-state index contributed by atoms with van der Waals surface area (Å²) in [4.78, 5) is 33.7. The average Bonchev–Trinajstić information content (AvgIpc) is 2.55. The van der Waals surface area contributed by atoms with E-state index in [0.29, 0.717) is 12.2 Å². The molecular formula is C12H18O4S2. The minimum atomic E-state index is -0.420. The fraction of sp³-hybridized carbons (Fsp3) is 0.750. The van der Waals surface area contributed by atoms with Crippen LogP contribution in [-0.4, -0.2) is 32.8 Å². The van der Waals surface area contributed by atoms with Gasteiger partial charge in [-0.15, -0.1) is 0 Å². The molecule has 0 unspecified atom stereocenters. The first kappa shape index (κ1) is 15.6. The van der Waals surface area contributed by atoms with Crippen molar-refractivity contribution < 1.29 is 19.1 Å². The summed E-state index contributed by atoms with van der Waals surface area (Å²) in [6.07, 6.45) is 0.309. The smallest absolute Gasteiger partial charge is 0.310 e. The first-order valence-electron chi connectivity index (χ1n) is 5.76. The predicted octanol–water partition coefficient (Wildman–Crippen LogP) is 2.26. The summed E-state index contributed by atoms with van der Waals surface area (Å²) in [5, 5.41) is 0.0150. The van der Waals surface area contributed by atoms with Crippen LogP contribution in [0, 0.1) is 5.92 Å². The quantitative estimate of drug-likeness (QED) is 0.740. The second kappa shape index (κ2) is 6.10. The van der Waals surface area contributed by atoms with E-state index in [1.807, 2.05) is 13.8 Å². The summed E-state index contributed by atoms with van der Waals surface area (Å²) in [6, 6.07) is 0. The van der Waals surface area contributed by atoms with Crippen LogP contribution in [0.3, 0.4) is 0 Å². The highest BCUT2D eigenvalue weighted by Crippen LogP contribution is 2.38. The Balaban J connectivity index is 2.59. The number of carbonyl (C=O) groups is 3. The molecule has 2 atom stereocenters. The average molecular weight is 290 g/mol. The number of ether oxygens (including phenoxy) is 1. The lowest BCUT2D eigenvalue weighted by atomic mass is 9.99.